The summed E-state index contributed by atoms with van der Waals surface area (Å²) in [5, 5.41) is 9.48. The summed E-state index contributed by atoms with van der Waals surface area (Å²) >= 11 is 0. The van der Waals surface area contributed by atoms with Crippen molar-refractivity contribution < 1.29 is 9.84 Å². The van der Waals surface area contributed by atoms with Crippen LogP contribution in [0.15, 0.2) is 0 Å². The number of methoxy groups -OCH3 is 1. The normalized spacial score (nSPS) is 27.5. The minimum absolute atomic E-state index is 0.112. The van der Waals surface area contributed by atoms with E-state index in [2.05, 4.69) is 11.8 Å². The number of hydrogen-bond donors (Lipinski definition) is 1. The molecule has 0 saturated carbocycles. The Labute approximate surface area is 80.7 Å². The third-order valence-corrected chi connectivity index (χ3v) is 2.79. The predicted octanol–water partition coefficient (Wildman–Crippen LogP) is 0.868. The Morgan fingerprint density at radius 2 is 2.38 bits per heavy atom. The maximum Gasteiger partial charge on any atom is 0.0667 e. The number of ether oxygens (including phenoxy) is 1. The van der Waals surface area contributed by atoms with Gasteiger partial charge in [0.1, 0.15) is 0 Å². The highest BCUT2D eigenvalue weighted by Crippen LogP contribution is 2.14. The molecule has 0 spiro atoms. The third-order valence-electron chi connectivity index (χ3n) is 2.79. The predicted molar refractivity (Wildman–Crippen MR) is 52.8 cm³/mol. The Bertz CT molecular complexity index is 141. The molecule has 1 aliphatic rings. The summed E-state index contributed by atoms with van der Waals surface area (Å²) in [4.78, 5) is 2.35. The molecule has 78 valence electrons. The van der Waals surface area contributed by atoms with Crippen LogP contribution < -0.4 is 0 Å². The van der Waals surface area contributed by atoms with E-state index in [0.29, 0.717) is 6.04 Å². The summed E-state index contributed by atoms with van der Waals surface area (Å²) in [6.45, 7) is 4.98. The van der Waals surface area contributed by atoms with Gasteiger partial charge in [-0.25, -0.2) is 0 Å². The largest absolute Gasteiger partial charge is 0.392 e. The molecule has 0 aliphatic carbocycles. The van der Waals surface area contributed by atoms with Crippen molar-refractivity contribution >= 4 is 0 Å². The third kappa shape index (κ3) is 3.63. The minimum Gasteiger partial charge on any atom is -0.392 e. The van der Waals surface area contributed by atoms with Gasteiger partial charge in [0.05, 0.1) is 6.10 Å². The fraction of sp³-hybridized carbons (Fsp3) is 1.00. The molecule has 0 amide bonds. The van der Waals surface area contributed by atoms with Gasteiger partial charge in [-0.15, -0.1) is 0 Å². The monoisotopic (exact) mass is 187 g/mol. The van der Waals surface area contributed by atoms with Crippen molar-refractivity contribution in [3.63, 3.8) is 0 Å². The van der Waals surface area contributed by atoms with Gasteiger partial charge in [-0.2, -0.15) is 0 Å². The fourth-order valence-corrected chi connectivity index (χ4v) is 1.85. The first kappa shape index (κ1) is 11.0. The topological polar surface area (TPSA) is 32.7 Å². The van der Waals surface area contributed by atoms with Crippen molar-refractivity contribution in [2.75, 3.05) is 26.8 Å². The van der Waals surface area contributed by atoms with Crippen LogP contribution in [-0.2, 0) is 4.74 Å². The molecule has 1 rings (SSSR count). The van der Waals surface area contributed by atoms with E-state index in [1.807, 2.05) is 0 Å². The van der Waals surface area contributed by atoms with Crippen molar-refractivity contribution in [1.29, 1.82) is 0 Å². The maximum atomic E-state index is 9.48. The number of likely N-dealkylation sites (tertiary alicyclic amines) is 1. The Hall–Kier alpha value is -0.120. The zero-order chi connectivity index (χ0) is 9.68. The average Bonchev–Trinajstić information content (AvgIpc) is 2.14. The second-order valence-electron chi connectivity index (χ2n) is 3.92. The van der Waals surface area contributed by atoms with Crippen molar-refractivity contribution in [2.45, 2.75) is 38.3 Å². The molecular weight excluding hydrogens is 166 g/mol. The molecule has 0 radical (unpaired) electrons. The van der Waals surface area contributed by atoms with Gasteiger partial charge in [-0.1, -0.05) is 0 Å². The van der Waals surface area contributed by atoms with Crippen molar-refractivity contribution in [2.24, 2.45) is 0 Å². The van der Waals surface area contributed by atoms with Gasteiger partial charge in [0.15, 0.2) is 0 Å². The standard InChI is InChI=1S/C10H21NO2/c1-9(5-7-13-2)11-6-3-4-10(12)8-11/h9-10,12H,3-8H2,1-2H3. The summed E-state index contributed by atoms with van der Waals surface area (Å²) in [5.41, 5.74) is 0. The lowest BCUT2D eigenvalue weighted by Gasteiger charge is -2.34. The lowest BCUT2D eigenvalue weighted by atomic mass is 10.1. The highest BCUT2D eigenvalue weighted by Gasteiger charge is 2.21. The van der Waals surface area contributed by atoms with E-state index in [9.17, 15) is 5.11 Å². The number of nitrogens with zero attached hydrogens (tertiary/aromatic N) is 1. The van der Waals surface area contributed by atoms with Crippen LogP contribution in [0.2, 0.25) is 0 Å². The first-order valence-corrected chi connectivity index (χ1v) is 5.15. The highest BCUT2D eigenvalue weighted by atomic mass is 16.5. The van der Waals surface area contributed by atoms with Crippen LogP contribution in [0.5, 0.6) is 0 Å². The van der Waals surface area contributed by atoms with Crippen LogP contribution in [0.3, 0.4) is 0 Å². The second kappa shape index (κ2) is 5.58. The van der Waals surface area contributed by atoms with Crippen LogP contribution >= 0.6 is 0 Å². The van der Waals surface area contributed by atoms with Crippen molar-refractivity contribution in [3.8, 4) is 0 Å². The Kier molecular flexibility index (Phi) is 4.70. The number of rotatable bonds is 4. The smallest absolute Gasteiger partial charge is 0.0667 e. The van der Waals surface area contributed by atoms with E-state index >= 15 is 0 Å². The summed E-state index contributed by atoms with van der Waals surface area (Å²) in [6, 6.07) is 0.537. The molecule has 0 bridgehead atoms. The molecule has 0 aromatic carbocycles. The zero-order valence-electron chi connectivity index (χ0n) is 8.70. The average molecular weight is 187 g/mol. The molecule has 0 aromatic heterocycles. The Morgan fingerprint density at radius 3 is 3.00 bits per heavy atom. The van der Waals surface area contributed by atoms with Gasteiger partial charge < -0.3 is 9.84 Å². The van der Waals surface area contributed by atoms with Gasteiger partial charge in [0, 0.05) is 26.3 Å². The summed E-state index contributed by atoms with van der Waals surface area (Å²) in [7, 11) is 1.73. The summed E-state index contributed by atoms with van der Waals surface area (Å²) in [5.74, 6) is 0. The van der Waals surface area contributed by atoms with E-state index < -0.39 is 0 Å². The molecule has 1 heterocycles. The summed E-state index contributed by atoms with van der Waals surface area (Å²) in [6.07, 6.45) is 3.04. The zero-order valence-corrected chi connectivity index (χ0v) is 8.70. The molecule has 1 aliphatic heterocycles. The number of β-amino-alcohol motifs (C(OH)–C–C–N with tert-alkyl or cyclic N) is 1. The molecule has 1 saturated heterocycles. The molecular formula is C10H21NO2. The molecule has 1 N–H and O–H groups in total. The molecule has 3 heteroatoms. The molecule has 0 aromatic rings. The number of aliphatic hydroxyl groups is 1. The van der Waals surface area contributed by atoms with Gasteiger partial charge in [0.25, 0.3) is 0 Å². The van der Waals surface area contributed by atoms with E-state index in [1.54, 1.807) is 7.11 Å². The van der Waals surface area contributed by atoms with Crippen LogP contribution in [0.25, 0.3) is 0 Å². The van der Waals surface area contributed by atoms with E-state index in [1.165, 1.54) is 0 Å². The number of hydrogen-bond acceptors (Lipinski definition) is 3. The molecule has 3 nitrogen and oxygen atoms in total. The molecule has 2 atom stereocenters. The highest BCUT2D eigenvalue weighted by molar-refractivity contribution is 4.76. The lowest BCUT2D eigenvalue weighted by Crippen LogP contribution is -2.43. The SMILES string of the molecule is COCCC(C)N1CCCC(O)C1. The first-order chi connectivity index (χ1) is 6.24. The maximum absolute atomic E-state index is 9.48. The van der Waals surface area contributed by atoms with Crippen LogP contribution in [-0.4, -0.2) is 49.0 Å². The molecule has 1 fully saturated rings. The van der Waals surface area contributed by atoms with Gasteiger partial charge in [0.2, 0.25) is 0 Å². The van der Waals surface area contributed by atoms with Crippen LogP contribution in [0.1, 0.15) is 26.2 Å². The van der Waals surface area contributed by atoms with Crippen molar-refractivity contribution in [1.82, 2.24) is 4.90 Å². The fourth-order valence-electron chi connectivity index (χ4n) is 1.85. The number of aliphatic hydroxyl groups excluding tert-OH is 1. The van der Waals surface area contributed by atoms with E-state index in [4.69, 9.17) is 4.74 Å². The Morgan fingerprint density at radius 1 is 1.62 bits per heavy atom. The van der Waals surface area contributed by atoms with Crippen molar-refractivity contribution in [3.05, 3.63) is 0 Å². The van der Waals surface area contributed by atoms with Gasteiger partial charge in [-0.3, -0.25) is 4.90 Å². The van der Waals surface area contributed by atoms with E-state index in [0.717, 1.165) is 39.0 Å². The minimum atomic E-state index is -0.112. The molecule has 13 heavy (non-hydrogen) atoms. The van der Waals surface area contributed by atoms with Gasteiger partial charge >= 0.3 is 0 Å². The van der Waals surface area contributed by atoms with Gasteiger partial charge in [-0.05, 0) is 32.7 Å². The summed E-state index contributed by atoms with van der Waals surface area (Å²) < 4.78 is 5.04. The lowest BCUT2D eigenvalue weighted by molar-refractivity contribution is 0.0412. The molecule has 2 unspecified atom stereocenters. The van der Waals surface area contributed by atoms with E-state index in [-0.39, 0.29) is 6.10 Å². The number of piperidine rings is 1. The first-order valence-electron chi connectivity index (χ1n) is 5.15. The second-order valence-corrected chi connectivity index (χ2v) is 3.92. The quantitative estimate of drug-likeness (QED) is 0.709. The van der Waals surface area contributed by atoms with Crippen LogP contribution in [0.4, 0.5) is 0 Å². The van der Waals surface area contributed by atoms with Crippen LogP contribution in [0, 0.1) is 0 Å². The Balaban J connectivity index is 2.24.